The second kappa shape index (κ2) is 6.40. The van der Waals surface area contributed by atoms with Crippen LogP contribution in [0.4, 0.5) is 4.79 Å². The fraction of sp³-hybridized carbons (Fsp3) is 0.500. The number of benzene rings is 1. The van der Waals surface area contributed by atoms with Gasteiger partial charge in [-0.3, -0.25) is 0 Å². The minimum absolute atomic E-state index is 0.187. The highest BCUT2D eigenvalue weighted by Gasteiger charge is 2.24. The van der Waals surface area contributed by atoms with E-state index in [0.29, 0.717) is 18.2 Å². The third-order valence-electron chi connectivity index (χ3n) is 3.26. The van der Waals surface area contributed by atoms with Crippen LogP contribution in [0.15, 0.2) is 30.3 Å². The van der Waals surface area contributed by atoms with Gasteiger partial charge in [-0.2, -0.15) is 0 Å². The number of piperidine rings is 1. The number of likely N-dealkylation sites (tertiary alicyclic amines) is 1. The van der Waals surface area contributed by atoms with Crippen molar-refractivity contribution in [3.8, 4) is 5.75 Å². The van der Waals surface area contributed by atoms with Crippen LogP contribution in [0.2, 0.25) is 0 Å². The van der Waals surface area contributed by atoms with Crippen molar-refractivity contribution in [2.24, 2.45) is 5.92 Å². The molecule has 1 aliphatic heterocycles. The normalized spacial score (nSPS) is 19.6. The summed E-state index contributed by atoms with van der Waals surface area (Å²) in [5, 5.41) is 8.94. The number of hydrogen-bond donors (Lipinski definition) is 1. The largest absolute Gasteiger partial charge is 0.415 e. The number of carbonyl (C=O) groups is 1. The van der Waals surface area contributed by atoms with Crippen LogP contribution in [0.5, 0.6) is 5.75 Å². The Morgan fingerprint density at radius 3 is 2.89 bits per heavy atom. The zero-order valence-corrected chi connectivity index (χ0v) is 10.4. The van der Waals surface area contributed by atoms with Gasteiger partial charge in [0.15, 0.2) is 0 Å². The molecule has 1 aliphatic rings. The van der Waals surface area contributed by atoms with Crippen LogP contribution in [0, 0.1) is 5.92 Å². The monoisotopic (exact) mass is 249 g/mol. The van der Waals surface area contributed by atoms with E-state index in [9.17, 15) is 4.79 Å². The summed E-state index contributed by atoms with van der Waals surface area (Å²) in [6.07, 6.45) is 2.53. The van der Waals surface area contributed by atoms with Crippen molar-refractivity contribution in [1.82, 2.24) is 4.90 Å². The summed E-state index contributed by atoms with van der Waals surface area (Å²) in [5.74, 6) is 0.971. The van der Waals surface area contributed by atoms with Gasteiger partial charge in [-0.1, -0.05) is 18.2 Å². The molecule has 1 atom stereocenters. The molecule has 18 heavy (non-hydrogen) atoms. The Kier molecular flexibility index (Phi) is 4.59. The summed E-state index contributed by atoms with van der Waals surface area (Å²) < 4.78 is 5.30. The van der Waals surface area contributed by atoms with Gasteiger partial charge in [0.25, 0.3) is 0 Å². The smallest absolute Gasteiger partial charge is 0.410 e. The van der Waals surface area contributed by atoms with Crippen molar-refractivity contribution in [3.05, 3.63) is 30.3 Å². The van der Waals surface area contributed by atoms with Gasteiger partial charge in [0.05, 0.1) is 0 Å². The Labute approximate surface area is 107 Å². The van der Waals surface area contributed by atoms with Crippen LogP contribution in [0.25, 0.3) is 0 Å². The number of amides is 1. The number of nitrogens with zero attached hydrogens (tertiary/aromatic N) is 1. The average molecular weight is 249 g/mol. The molecule has 2 rings (SSSR count). The third kappa shape index (κ3) is 3.47. The number of aliphatic hydroxyl groups excluding tert-OH is 1. The molecule has 0 saturated carbocycles. The van der Waals surface area contributed by atoms with E-state index in [2.05, 4.69) is 0 Å². The summed E-state index contributed by atoms with van der Waals surface area (Å²) in [4.78, 5) is 13.7. The first-order valence-corrected chi connectivity index (χ1v) is 6.42. The van der Waals surface area contributed by atoms with Gasteiger partial charge >= 0.3 is 6.09 Å². The molecule has 1 unspecified atom stereocenters. The van der Waals surface area contributed by atoms with Crippen LogP contribution < -0.4 is 4.74 Å². The molecule has 1 amide bonds. The molecule has 1 aromatic rings. The number of aliphatic hydroxyl groups is 1. The predicted molar refractivity (Wildman–Crippen MR) is 68.5 cm³/mol. The SMILES string of the molecule is O=C(Oc1ccccc1)N1CCCC(CCO)C1. The van der Waals surface area contributed by atoms with E-state index < -0.39 is 0 Å². The van der Waals surface area contributed by atoms with Crippen LogP contribution in [0.1, 0.15) is 19.3 Å². The molecule has 4 nitrogen and oxygen atoms in total. The van der Waals surface area contributed by atoms with Crippen molar-refractivity contribution < 1.29 is 14.6 Å². The lowest BCUT2D eigenvalue weighted by Crippen LogP contribution is -2.41. The number of hydrogen-bond acceptors (Lipinski definition) is 3. The Balaban J connectivity index is 1.88. The molecule has 0 radical (unpaired) electrons. The first kappa shape index (κ1) is 12.9. The summed E-state index contributed by atoms with van der Waals surface area (Å²) in [6, 6.07) is 9.11. The molecule has 1 saturated heterocycles. The lowest BCUT2D eigenvalue weighted by molar-refractivity contribution is 0.118. The van der Waals surface area contributed by atoms with Gasteiger partial charge in [0.2, 0.25) is 0 Å². The average Bonchev–Trinajstić information content (AvgIpc) is 2.40. The fourth-order valence-electron chi connectivity index (χ4n) is 2.30. The van der Waals surface area contributed by atoms with Crippen molar-refractivity contribution >= 4 is 6.09 Å². The number of carbonyl (C=O) groups excluding carboxylic acids is 1. The maximum atomic E-state index is 12.0. The lowest BCUT2D eigenvalue weighted by Gasteiger charge is -2.31. The van der Waals surface area contributed by atoms with Crippen LogP contribution in [-0.2, 0) is 0 Å². The zero-order chi connectivity index (χ0) is 12.8. The number of ether oxygens (including phenoxy) is 1. The minimum Gasteiger partial charge on any atom is -0.410 e. The van der Waals surface area contributed by atoms with E-state index in [0.717, 1.165) is 25.8 Å². The molecule has 4 heteroatoms. The van der Waals surface area contributed by atoms with Crippen LogP contribution in [-0.4, -0.2) is 35.8 Å². The van der Waals surface area contributed by atoms with Gasteiger partial charge in [0.1, 0.15) is 5.75 Å². The molecule has 1 fully saturated rings. The second-order valence-electron chi connectivity index (χ2n) is 4.65. The van der Waals surface area contributed by atoms with Gasteiger partial charge in [-0.15, -0.1) is 0 Å². The highest BCUT2D eigenvalue weighted by Crippen LogP contribution is 2.20. The standard InChI is InChI=1S/C14H19NO3/c16-10-8-12-5-4-9-15(11-12)14(17)18-13-6-2-1-3-7-13/h1-3,6-7,12,16H,4-5,8-11H2. The van der Waals surface area contributed by atoms with Crippen molar-refractivity contribution in [1.29, 1.82) is 0 Å². The Bertz CT molecular complexity index is 378. The quantitative estimate of drug-likeness (QED) is 0.894. The predicted octanol–water partition coefficient (Wildman–Crippen LogP) is 2.28. The summed E-state index contributed by atoms with van der Waals surface area (Å²) in [7, 11) is 0. The van der Waals surface area contributed by atoms with Gasteiger partial charge in [-0.05, 0) is 37.3 Å². The maximum absolute atomic E-state index is 12.0. The van der Waals surface area contributed by atoms with Crippen LogP contribution in [0.3, 0.4) is 0 Å². The van der Waals surface area contributed by atoms with Gasteiger partial charge in [-0.25, -0.2) is 4.79 Å². The first-order chi connectivity index (χ1) is 8.79. The molecule has 1 aromatic carbocycles. The molecular formula is C14H19NO3. The minimum atomic E-state index is -0.288. The Morgan fingerprint density at radius 1 is 1.39 bits per heavy atom. The number of para-hydroxylation sites is 1. The van der Waals surface area contributed by atoms with Crippen molar-refractivity contribution in [2.75, 3.05) is 19.7 Å². The second-order valence-corrected chi connectivity index (χ2v) is 4.65. The van der Waals surface area contributed by atoms with E-state index >= 15 is 0 Å². The number of rotatable bonds is 3. The molecular weight excluding hydrogens is 230 g/mol. The molecule has 98 valence electrons. The molecule has 0 spiro atoms. The van der Waals surface area contributed by atoms with E-state index in [4.69, 9.17) is 9.84 Å². The third-order valence-corrected chi connectivity index (χ3v) is 3.26. The highest BCUT2D eigenvalue weighted by atomic mass is 16.6. The highest BCUT2D eigenvalue weighted by molar-refractivity contribution is 5.70. The van der Waals surface area contributed by atoms with E-state index in [1.165, 1.54) is 0 Å². The first-order valence-electron chi connectivity index (χ1n) is 6.42. The summed E-state index contributed by atoms with van der Waals surface area (Å²) in [5.41, 5.74) is 0. The fourth-order valence-corrected chi connectivity index (χ4v) is 2.30. The van der Waals surface area contributed by atoms with Crippen molar-refractivity contribution in [3.63, 3.8) is 0 Å². The van der Waals surface area contributed by atoms with E-state index in [-0.39, 0.29) is 12.7 Å². The Hall–Kier alpha value is -1.55. The Morgan fingerprint density at radius 2 is 2.17 bits per heavy atom. The van der Waals surface area contributed by atoms with E-state index in [1.807, 2.05) is 18.2 Å². The summed E-state index contributed by atoms with van der Waals surface area (Å²) in [6.45, 7) is 1.62. The molecule has 1 N–H and O–H groups in total. The molecule has 0 bridgehead atoms. The molecule has 1 heterocycles. The van der Waals surface area contributed by atoms with Crippen LogP contribution >= 0.6 is 0 Å². The maximum Gasteiger partial charge on any atom is 0.415 e. The topological polar surface area (TPSA) is 49.8 Å². The molecule has 0 aliphatic carbocycles. The van der Waals surface area contributed by atoms with E-state index in [1.54, 1.807) is 17.0 Å². The zero-order valence-electron chi connectivity index (χ0n) is 10.4. The molecule has 0 aromatic heterocycles. The van der Waals surface area contributed by atoms with Crippen molar-refractivity contribution in [2.45, 2.75) is 19.3 Å². The lowest BCUT2D eigenvalue weighted by atomic mass is 9.95. The van der Waals surface area contributed by atoms with Gasteiger partial charge < -0.3 is 14.7 Å². The van der Waals surface area contributed by atoms with Gasteiger partial charge in [0, 0.05) is 19.7 Å². The summed E-state index contributed by atoms with van der Waals surface area (Å²) >= 11 is 0.